The van der Waals surface area contributed by atoms with Crippen LogP contribution < -0.4 is 0 Å². The molecular formula is C9H7F2NO. The highest BCUT2D eigenvalue weighted by Gasteiger charge is 2.16. The number of benzene rings is 1. The molecule has 4 heteroatoms. The SMILES string of the molecule is CC(C#N)c1ccc(F)c(F)c1O. The molecule has 0 spiro atoms. The van der Waals surface area contributed by atoms with Gasteiger partial charge in [-0.15, -0.1) is 0 Å². The average molecular weight is 183 g/mol. The van der Waals surface area contributed by atoms with Crippen LogP contribution in [-0.2, 0) is 0 Å². The Bertz CT molecular complexity index is 371. The largest absolute Gasteiger partial charge is 0.505 e. The number of halogens is 2. The highest BCUT2D eigenvalue weighted by Crippen LogP contribution is 2.29. The third-order valence-corrected chi connectivity index (χ3v) is 1.76. The van der Waals surface area contributed by atoms with Gasteiger partial charge in [-0.3, -0.25) is 0 Å². The van der Waals surface area contributed by atoms with Crippen LogP contribution in [0.25, 0.3) is 0 Å². The Balaban J connectivity index is 3.28. The normalized spacial score (nSPS) is 12.2. The first-order chi connectivity index (χ1) is 6.07. The molecule has 1 N–H and O–H groups in total. The van der Waals surface area contributed by atoms with Crippen LogP contribution in [0.5, 0.6) is 5.75 Å². The topological polar surface area (TPSA) is 44.0 Å². The number of phenols is 1. The summed E-state index contributed by atoms with van der Waals surface area (Å²) in [6.07, 6.45) is 0. The van der Waals surface area contributed by atoms with Crippen molar-refractivity contribution in [3.63, 3.8) is 0 Å². The molecule has 0 aliphatic rings. The Hall–Kier alpha value is -1.63. The van der Waals surface area contributed by atoms with E-state index in [-0.39, 0.29) is 5.56 Å². The van der Waals surface area contributed by atoms with Crippen LogP contribution in [0.3, 0.4) is 0 Å². The molecule has 1 unspecified atom stereocenters. The van der Waals surface area contributed by atoms with Crippen LogP contribution in [0.4, 0.5) is 8.78 Å². The quantitative estimate of drug-likeness (QED) is 0.725. The van der Waals surface area contributed by atoms with Crippen molar-refractivity contribution < 1.29 is 13.9 Å². The monoisotopic (exact) mass is 183 g/mol. The summed E-state index contributed by atoms with van der Waals surface area (Å²) < 4.78 is 25.3. The van der Waals surface area contributed by atoms with Gasteiger partial charge in [0.25, 0.3) is 0 Å². The van der Waals surface area contributed by atoms with Gasteiger partial charge < -0.3 is 5.11 Å². The van der Waals surface area contributed by atoms with E-state index in [0.717, 1.165) is 6.07 Å². The maximum Gasteiger partial charge on any atom is 0.200 e. The molecule has 0 saturated carbocycles. The molecule has 0 aliphatic carbocycles. The Kier molecular flexibility index (Phi) is 2.47. The van der Waals surface area contributed by atoms with E-state index in [4.69, 9.17) is 10.4 Å². The van der Waals surface area contributed by atoms with Gasteiger partial charge in [-0.2, -0.15) is 9.65 Å². The van der Waals surface area contributed by atoms with E-state index in [0.29, 0.717) is 0 Å². The fourth-order valence-electron chi connectivity index (χ4n) is 0.974. The van der Waals surface area contributed by atoms with Gasteiger partial charge in [0.15, 0.2) is 11.6 Å². The van der Waals surface area contributed by atoms with E-state index in [1.54, 1.807) is 0 Å². The van der Waals surface area contributed by atoms with Gasteiger partial charge in [0.05, 0.1) is 12.0 Å². The minimum Gasteiger partial charge on any atom is -0.505 e. The lowest BCUT2D eigenvalue weighted by atomic mass is 10.0. The third kappa shape index (κ3) is 1.59. The fourth-order valence-corrected chi connectivity index (χ4v) is 0.974. The molecular weight excluding hydrogens is 176 g/mol. The molecule has 0 bridgehead atoms. The van der Waals surface area contributed by atoms with Crippen molar-refractivity contribution in [2.75, 3.05) is 0 Å². The van der Waals surface area contributed by atoms with Gasteiger partial charge in [-0.05, 0) is 13.0 Å². The standard InChI is InChI=1S/C9H7F2NO/c1-5(4-12)6-2-3-7(10)8(11)9(6)13/h2-3,5,13H,1H3. The summed E-state index contributed by atoms with van der Waals surface area (Å²) >= 11 is 0. The summed E-state index contributed by atoms with van der Waals surface area (Å²) in [6.45, 7) is 1.49. The second kappa shape index (κ2) is 3.40. The van der Waals surface area contributed by atoms with Crippen molar-refractivity contribution in [2.45, 2.75) is 12.8 Å². The number of rotatable bonds is 1. The zero-order valence-electron chi connectivity index (χ0n) is 6.88. The van der Waals surface area contributed by atoms with Gasteiger partial charge in [0, 0.05) is 5.56 Å². The predicted octanol–water partition coefficient (Wildman–Crippen LogP) is 2.30. The molecule has 1 atom stereocenters. The molecule has 1 aromatic carbocycles. The summed E-state index contributed by atoms with van der Waals surface area (Å²) in [7, 11) is 0. The van der Waals surface area contributed by atoms with E-state index in [1.165, 1.54) is 13.0 Å². The fraction of sp³-hybridized carbons (Fsp3) is 0.222. The molecule has 1 rings (SSSR count). The van der Waals surface area contributed by atoms with Crippen LogP contribution >= 0.6 is 0 Å². The molecule has 0 radical (unpaired) electrons. The van der Waals surface area contributed by atoms with Crippen LogP contribution in [0.2, 0.25) is 0 Å². The number of hydrogen-bond donors (Lipinski definition) is 1. The number of aromatic hydroxyl groups is 1. The first kappa shape index (κ1) is 9.46. The molecule has 0 amide bonds. The minimum atomic E-state index is -1.31. The van der Waals surface area contributed by atoms with Gasteiger partial charge in [-0.1, -0.05) is 6.07 Å². The molecule has 13 heavy (non-hydrogen) atoms. The smallest absolute Gasteiger partial charge is 0.200 e. The first-order valence-electron chi connectivity index (χ1n) is 3.64. The number of nitrogens with zero attached hydrogens (tertiary/aromatic N) is 1. The summed E-state index contributed by atoms with van der Waals surface area (Å²) in [6, 6.07) is 3.90. The average Bonchev–Trinajstić information content (AvgIpc) is 2.13. The zero-order chi connectivity index (χ0) is 10.0. The Morgan fingerprint density at radius 3 is 2.62 bits per heavy atom. The second-order valence-electron chi connectivity index (χ2n) is 2.65. The maximum absolute atomic E-state index is 12.8. The van der Waals surface area contributed by atoms with Crippen LogP contribution in [0.1, 0.15) is 18.4 Å². The van der Waals surface area contributed by atoms with Crippen LogP contribution in [0.15, 0.2) is 12.1 Å². The van der Waals surface area contributed by atoms with E-state index >= 15 is 0 Å². The molecule has 0 aliphatic heterocycles. The summed E-state index contributed by atoms with van der Waals surface area (Å²) in [5.41, 5.74) is 0.0985. The van der Waals surface area contributed by atoms with E-state index in [1.807, 2.05) is 6.07 Å². The highest BCUT2D eigenvalue weighted by molar-refractivity contribution is 5.39. The van der Waals surface area contributed by atoms with Crippen LogP contribution in [-0.4, -0.2) is 5.11 Å². The summed E-state index contributed by atoms with van der Waals surface area (Å²) in [5.74, 6) is -3.87. The molecule has 68 valence electrons. The molecule has 2 nitrogen and oxygen atoms in total. The molecule has 0 saturated heterocycles. The van der Waals surface area contributed by atoms with E-state index < -0.39 is 23.3 Å². The highest BCUT2D eigenvalue weighted by atomic mass is 19.2. The Labute approximate surface area is 74.0 Å². The Morgan fingerprint density at radius 1 is 1.46 bits per heavy atom. The molecule has 0 aromatic heterocycles. The van der Waals surface area contributed by atoms with Crippen molar-refractivity contribution >= 4 is 0 Å². The second-order valence-corrected chi connectivity index (χ2v) is 2.65. The minimum absolute atomic E-state index is 0.0985. The zero-order valence-corrected chi connectivity index (χ0v) is 6.88. The molecule has 0 heterocycles. The van der Waals surface area contributed by atoms with Crippen molar-refractivity contribution in [2.24, 2.45) is 0 Å². The van der Waals surface area contributed by atoms with Gasteiger partial charge in [-0.25, -0.2) is 4.39 Å². The van der Waals surface area contributed by atoms with Crippen molar-refractivity contribution in [1.82, 2.24) is 0 Å². The lowest BCUT2D eigenvalue weighted by molar-refractivity contribution is 0.400. The maximum atomic E-state index is 12.8. The van der Waals surface area contributed by atoms with Crippen molar-refractivity contribution in [3.8, 4) is 11.8 Å². The van der Waals surface area contributed by atoms with Gasteiger partial charge in [0.1, 0.15) is 0 Å². The summed E-state index contributed by atoms with van der Waals surface area (Å²) in [4.78, 5) is 0. The van der Waals surface area contributed by atoms with Crippen LogP contribution in [0, 0.1) is 23.0 Å². The van der Waals surface area contributed by atoms with E-state index in [9.17, 15) is 8.78 Å². The number of nitriles is 1. The Morgan fingerprint density at radius 2 is 2.08 bits per heavy atom. The van der Waals surface area contributed by atoms with Crippen molar-refractivity contribution in [3.05, 3.63) is 29.3 Å². The predicted molar refractivity (Wildman–Crippen MR) is 42.1 cm³/mol. The lowest BCUT2D eigenvalue weighted by Crippen LogP contribution is -1.94. The third-order valence-electron chi connectivity index (χ3n) is 1.76. The van der Waals surface area contributed by atoms with Gasteiger partial charge in [0.2, 0.25) is 5.82 Å². The molecule has 0 fully saturated rings. The van der Waals surface area contributed by atoms with Gasteiger partial charge >= 0.3 is 0 Å². The number of phenolic OH excluding ortho intramolecular Hbond substituents is 1. The first-order valence-corrected chi connectivity index (χ1v) is 3.64. The lowest BCUT2D eigenvalue weighted by Gasteiger charge is -2.06. The van der Waals surface area contributed by atoms with E-state index in [2.05, 4.69) is 0 Å². The molecule has 1 aromatic rings. The van der Waals surface area contributed by atoms with Crippen molar-refractivity contribution in [1.29, 1.82) is 5.26 Å². The number of hydrogen-bond acceptors (Lipinski definition) is 2. The summed E-state index contributed by atoms with van der Waals surface area (Å²) in [5, 5.41) is 17.6.